The Morgan fingerprint density at radius 1 is 0.917 bits per heavy atom. The number of hydrogen-bond donors (Lipinski definition) is 3. The molecule has 126 valence electrons. The lowest BCUT2D eigenvalue weighted by atomic mass is 10.0. The van der Waals surface area contributed by atoms with Gasteiger partial charge >= 0.3 is 6.03 Å². The zero-order valence-corrected chi connectivity index (χ0v) is 13.5. The first-order chi connectivity index (χ1) is 11.5. The van der Waals surface area contributed by atoms with Crippen molar-refractivity contribution in [1.29, 1.82) is 0 Å². The van der Waals surface area contributed by atoms with Gasteiger partial charge in [-0.1, -0.05) is 38.1 Å². The largest absolute Gasteiger partial charge is 0.326 e. The van der Waals surface area contributed by atoms with E-state index in [4.69, 9.17) is 0 Å². The number of benzene rings is 2. The molecule has 0 saturated carbocycles. The second-order valence-electron chi connectivity index (χ2n) is 5.69. The maximum absolute atomic E-state index is 13.2. The zero-order valence-electron chi connectivity index (χ0n) is 13.5. The number of anilines is 2. The van der Waals surface area contributed by atoms with Crippen LogP contribution in [0.3, 0.4) is 0 Å². The van der Waals surface area contributed by atoms with Crippen LogP contribution in [0.1, 0.15) is 13.8 Å². The van der Waals surface area contributed by atoms with E-state index in [-0.39, 0.29) is 5.92 Å². The fourth-order valence-corrected chi connectivity index (χ4v) is 2.15. The van der Waals surface area contributed by atoms with Crippen molar-refractivity contribution in [3.8, 4) is 0 Å². The van der Waals surface area contributed by atoms with Gasteiger partial charge in [0.25, 0.3) is 0 Å². The summed E-state index contributed by atoms with van der Waals surface area (Å²) in [5, 5.41) is 7.92. The van der Waals surface area contributed by atoms with Crippen molar-refractivity contribution in [3.05, 3.63) is 60.4 Å². The number of carbonyl (C=O) groups excluding carboxylic acids is 2. The van der Waals surface area contributed by atoms with Crippen LogP contribution in [0.15, 0.2) is 54.6 Å². The highest BCUT2D eigenvalue weighted by molar-refractivity contribution is 5.99. The van der Waals surface area contributed by atoms with Crippen LogP contribution < -0.4 is 16.0 Å². The Hall–Kier alpha value is -2.89. The summed E-state index contributed by atoms with van der Waals surface area (Å²) in [5.74, 6) is -0.984. The van der Waals surface area contributed by atoms with Gasteiger partial charge in [-0.05, 0) is 36.2 Å². The van der Waals surface area contributed by atoms with Crippen molar-refractivity contribution in [1.82, 2.24) is 5.32 Å². The van der Waals surface area contributed by atoms with Crippen LogP contribution in [0.2, 0.25) is 0 Å². The van der Waals surface area contributed by atoms with Gasteiger partial charge in [0.05, 0.1) is 0 Å². The molecule has 0 bridgehead atoms. The topological polar surface area (TPSA) is 70.2 Å². The number of nitrogens with one attached hydrogen (secondary N) is 3. The molecule has 0 unspecified atom stereocenters. The van der Waals surface area contributed by atoms with E-state index >= 15 is 0 Å². The van der Waals surface area contributed by atoms with Gasteiger partial charge in [0.1, 0.15) is 11.9 Å². The van der Waals surface area contributed by atoms with E-state index < -0.39 is 23.8 Å². The molecule has 0 radical (unpaired) electrons. The second-order valence-corrected chi connectivity index (χ2v) is 5.69. The number of amides is 3. The van der Waals surface area contributed by atoms with E-state index in [1.807, 2.05) is 19.9 Å². The molecule has 0 aliphatic carbocycles. The Morgan fingerprint density at radius 3 is 2.21 bits per heavy atom. The van der Waals surface area contributed by atoms with Gasteiger partial charge in [0.2, 0.25) is 5.91 Å². The quantitative estimate of drug-likeness (QED) is 0.784. The molecule has 3 N–H and O–H groups in total. The lowest BCUT2D eigenvalue weighted by Gasteiger charge is -2.22. The fourth-order valence-electron chi connectivity index (χ4n) is 2.15. The van der Waals surface area contributed by atoms with Crippen molar-refractivity contribution in [2.75, 3.05) is 10.6 Å². The van der Waals surface area contributed by atoms with Crippen molar-refractivity contribution in [2.24, 2.45) is 5.92 Å². The number of carbonyl (C=O) groups is 2. The van der Waals surface area contributed by atoms with Crippen LogP contribution in [0.4, 0.5) is 20.6 Å². The van der Waals surface area contributed by atoms with Gasteiger partial charge in [-0.3, -0.25) is 4.79 Å². The van der Waals surface area contributed by atoms with Crippen molar-refractivity contribution in [3.63, 3.8) is 0 Å². The Morgan fingerprint density at radius 2 is 1.58 bits per heavy atom. The Bertz CT molecular complexity index is 704. The van der Waals surface area contributed by atoms with E-state index in [2.05, 4.69) is 16.0 Å². The number of urea groups is 1. The van der Waals surface area contributed by atoms with E-state index in [1.165, 1.54) is 18.2 Å². The summed E-state index contributed by atoms with van der Waals surface area (Å²) in [6.07, 6.45) is 0. The summed E-state index contributed by atoms with van der Waals surface area (Å²) in [6, 6.07) is 13.3. The molecule has 2 aromatic carbocycles. The van der Waals surface area contributed by atoms with E-state index in [0.29, 0.717) is 11.4 Å². The maximum Gasteiger partial charge on any atom is 0.319 e. The van der Waals surface area contributed by atoms with E-state index in [1.54, 1.807) is 30.3 Å². The summed E-state index contributed by atoms with van der Waals surface area (Å²) in [7, 11) is 0. The third-order valence-corrected chi connectivity index (χ3v) is 3.36. The normalized spacial score (nSPS) is 11.7. The molecule has 0 aliphatic heterocycles. The summed E-state index contributed by atoms with van der Waals surface area (Å²) < 4.78 is 13.2. The standard InChI is InChI=1S/C18H20FN3O2/c1-12(2)16(17(23)20-15-10-6-7-13(19)11-15)22-18(24)21-14-8-4-3-5-9-14/h3-12,16H,1-2H3,(H,20,23)(H2,21,22,24)/t16-/m0/s1. The zero-order chi connectivity index (χ0) is 17.5. The summed E-state index contributed by atoms with van der Waals surface area (Å²) in [5.41, 5.74) is 0.971. The molecule has 0 heterocycles. The Balaban J connectivity index is 2.00. The molecule has 0 spiro atoms. The highest BCUT2D eigenvalue weighted by Crippen LogP contribution is 2.12. The lowest BCUT2D eigenvalue weighted by Crippen LogP contribution is -2.48. The van der Waals surface area contributed by atoms with Gasteiger partial charge in [-0.25, -0.2) is 9.18 Å². The van der Waals surface area contributed by atoms with E-state index in [9.17, 15) is 14.0 Å². The molecule has 5 nitrogen and oxygen atoms in total. The predicted octanol–water partition coefficient (Wildman–Crippen LogP) is 3.61. The number of hydrogen-bond acceptors (Lipinski definition) is 2. The molecule has 1 atom stereocenters. The maximum atomic E-state index is 13.2. The average Bonchev–Trinajstić information content (AvgIpc) is 2.53. The molecule has 2 rings (SSSR count). The lowest BCUT2D eigenvalue weighted by molar-refractivity contribution is -0.118. The molecule has 24 heavy (non-hydrogen) atoms. The fraction of sp³-hybridized carbons (Fsp3) is 0.222. The van der Waals surface area contributed by atoms with Crippen LogP contribution in [0.5, 0.6) is 0 Å². The van der Waals surface area contributed by atoms with Gasteiger partial charge in [0, 0.05) is 11.4 Å². The first kappa shape index (κ1) is 17.5. The predicted molar refractivity (Wildman–Crippen MR) is 92.3 cm³/mol. The molecule has 0 fully saturated rings. The van der Waals surface area contributed by atoms with Crippen LogP contribution in [-0.2, 0) is 4.79 Å². The van der Waals surface area contributed by atoms with Crippen LogP contribution in [-0.4, -0.2) is 18.0 Å². The van der Waals surface area contributed by atoms with Gasteiger partial charge in [0.15, 0.2) is 0 Å². The van der Waals surface area contributed by atoms with Crippen LogP contribution in [0.25, 0.3) is 0 Å². The minimum atomic E-state index is -0.753. The van der Waals surface area contributed by atoms with Crippen LogP contribution >= 0.6 is 0 Å². The van der Waals surface area contributed by atoms with Crippen molar-refractivity contribution in [2.45, 2.75) is 19.9 Å². The Kier molecular flexibility index (Phi) is 5.89. The number of para-hydroxylation sites is 1. The summed E-state index contributed by atoms with van der Waals surface area (Å²) in [6.45, 7) is 3.64. The monoisotopic (exact) mass is 329 g/mol. The third-order valence-electron chi connectivity index (χ3n) is 3.36. The second kappa shape index (κ2) is 8.10. The molecule has 3 amide bonds. The average molecular weight is 329 g/mol. The summed E-state index contributed by atoms with van der Waals surface area (Å²) >= 11 is 0. The van der Waals surface area contributed by atoms with E-state index in [0.717, 1.165) is 0 Å². The molecule has 2 aromatic rings. The van der Waals surface area contributed by atoms with Gasteiger partial charge in [-0.2, -0.15) is 0 Å². The number of halogens is 1. The minimum absolute atomic E-state index is 0.139. The summed E-state index contributed by atoms with van der Waals surface area (Å²) in [4.78, 5) is 24.5. The molecular weight excluding hydrogens is 309 g/mol. The van der Waals surface area contributed by atoms with Crippen molar-refractivity contribution < 1.29 is 14.0 Å². The Labute approximate surface area is 140 Å². The molecule has 0 aliphatic rings. The van der Waals surface area contributed by atoms with Gasteiger partial charge < -0.3 is 16.0 Å². The highest BCUT2D eigenvalue weighted by atomic mass is 19.1. The van der Waals surface area contributed by atoms with Gasteiger partial charge in [-0.15, -0.1) is 0 Å². The smallest absolute Gasteiger partial charge is 0.319 e. The van der Waals surface area contributed by atoms with Crippen molar-refractivity contribution >= 4 is 23.3 Å². The molecular formula is C18H20FN3O2. The molecule has 0 saturated heterocycles. The molecule has 0 aromatic heterocycles. The first-order valence-electron chi connectivity index (χ1n) is 7.64. The SMILES string of the molecule is CC(C)[C@H](NC(=O)Nc1ccccc1)C(=O)Nc1cccc(F)c1. The first-order valence-corrected chi connectivity index (χ1v) is 7.64. The van der Waals surface area contributed by atoms with Crippen LogP contribution in [0, 0.1) is 11.7 Å². The highest BCUT2D eigenvalue weighted by Gasteiger charge is 2.24. The minimum Gasteiger partial charge on any atom is -0.326 e. The molecule has 6 heteroatoms. The third kappa shape index (κ3) is 5.08. The number of rotatable bonds is 5.